The van der Waals surface area contributed by atoms with Gasteiger partial charge in [-0.25, -0.2) is 8.78 Å². The maximum atomic E-state index is 13.8. The maximum absolute atomic E-state index is 13.8. The summed E-state index contributed by atoms with van der Waals surface area (Å²) in [5, 5.41) is 8.39. The lowest BCUT2D eigenvalue weighted by Gasteiger charge is -2.25. The van der Waals surface area contributed by atoms with E-state index in [1.165, 1.54) is 12.1 Å². The predicted molar refractivity (Wildman–Crippen MR) is 102 cm³/mol. The summed E-state index contributed by atoms with van der Waals surface area (Å²) in [6, 6.07) is 13.6. The molecule has 6 heteroatoms. The van der Waals surface area contributed by atoms with Crippen molar-refractivity contribution in [2.24, 2.45) is 0 Å². The molecular weight excluding hydrogens is 346 g/mol. The Balaban J connectivity index is 1.79. The first-order valence-corrected chi connectivity index (χ1v) is 8.85. The van der Waals surface area contributed by atoms with Crippen molar-refractivity contribution in [1.29, 1.82) is 0 Å². The second-order valence-electron chi connectivity index (χ2n) is 6.92. The smallest absolute Gasteiger partial charge is 0.128 e. The summed E-state index contributed by atoms with van der Waals surface area (Å²) in [4.78, 5) is 4.16. The zero-order valence-corrected chi connectivity index (χ0v) is 15.3. The number of fused-ring (bicyclic) bond motifs is 1. The molecular formula is C21H20F2N4. The van der Waals surface area contributed by atoms with E-state index in [0.29, 0.717) is 12.2 Å². The molecule has 0 spiro atoms. The lowest BCUT2D eigenvalue weighted by atomic mass is 10.0. The van der Waals surface area contributed by atoms with Crippen molar-refractivity contribution in [2.75, 3.05) is 25.0 Å². The molecule has 27 heavy (non-hydrogen) atoms. The highest BCUT2D eigenvalue weighted by molar-refractivity contribution is 5.72. The average Bonchev–Trinajstić information content (AvgIpc) is 2.79. The number of hydrogen-bond acceptors (Lipinski definition) is 4. The zero-order chi connectivity index (χ0) is 19.0. The van der Waals surface area contributed by atoms with Crippen molar-refractivity contribution in [3.05, 3.63) is 71.4 Å². The van der Waals surface area contributed by atoms with Gasteiger partial charge in [-0.1, -0.05) is 6.07 Å². The number of aryl methyl sites for hydroxylation is 1. The number of halogens is 2. The van der Waals surface area contributed by atoms with E-state index in [1.54, 1.807) is 0 Å². The van der Waals surface area contributed by atoms with Crippen molar-refractivity contribution < 1.29 is 8.78 Å². The van der Waals surface area contributed by atoms with Crippen LogP contribution in [0.3, 0.4) is 0 Å². The number of anilines is 2. The molecule has 0 atom stereocenters. The van der Waals surface area contributed by atoms with Crippen LogP contribution >= 0.6 is 0 Å². The number of aromatic nitrogens is 2. The monoisotopic (exact) mass is 366 g/mol. The van der Waals surface area contributed by atoms with Crippen molar-refractivity contribution in [2.45, 2.75) is 13.5 Å². The van der Waals surface area contributed by atoms with Crippen LogP contribution in [0.2, 0.25) is 0 Å². The Morgan fingerprint density at radius 3 is 2.37 bits per heavy atom. The van der Waals surface area contributed by atoms with Crippen LogP contribution in [-0.4, -0.2) is 35.2 Å². The van der Waals surface area contributed by atoms with Gasteiger partial charge in [-0.2, -0.15) is 10.2 Å². The third-order valence-corrected chi connectivity index (χ3v) is 4.77. The molecule has 1 aromatic heterocycles. The summed E-state index contributed by atoms with van der Waals surface area (Å²) in [5.74, 6) is -1.15. The molecule has 0 bridgehead atoms. The Morgan fingerprint density at radius 2 is 1.67 bits per heavy atom. The molecule has 0 aliphatic carbocycles. The minimum absolute atomic E-state index is 0.520. The summed E-state index contributed by atoms with van der Waals surface area (Å²) in [5.41, 5.74) is 5.20. The minimum atomic E-state index is -0.573. The highest BCUT2D eigenvalue weighted by atomic mass is 19.1. The van der Waals surface area contributed by atoms with E-state index in [2.05, 4.69) is 21.2 Å². The molecule has 0 N–H and O–H groups in total. The van der Waals surface area contributed by atoms with E-state index in [4.69, 9.17) is 0 Å². The summed E-state index contributed by atoms with van der Waals surface area (Å²) < 4.78 is 27.5. The topological polar surface area (TPSA) is 32.3 Å². The van der Waals surface area contributed by atoms with Crippen LogP contribution in [0.1, 0.15) is 11.3 Å². The van der Waals surface area contributed by atoms with Gasteiger partial charge >= 0.3 is 0 Å². The van der Waals surface area contributed by atoms with Crippen LogP contribution in [0, 0.1) is 18.6 Å². The SMILES string of the molecule is Cc1ccc(-c2ccc3c(c2)CN(C)CCN3c2cc(F)cc(F)c2)nn1. The third-order valence-electron chi connectivity index (χ3n) is 4.77. The fourth-order valence-corrected chi connectivity index (χ4v) is 3.41. The first-order valence-electron chi connectivity index (χ1n) is 8.85. The third kappa shape index (κ3) is 3.66. The second kappa shape index (κ2) is 7.04. The van der Waals surface area contributed by atoms with Crippen LogP contribution in [-0.2, 0) is 6.54 Å². The van der Waals surface area contributed by atoms with Gasteiger partial charge in [0.05, 0.1) is 11.4 Å². The average molecular weight is 366 g/mol. The largest absolute Gasteiger partial charge is 0.340 e. The van der Waals surface area contributed by atoms with Crippen molar-refractivity contribution >= 4 is 11.4 Å². The van der Waals surface area contributed by atoms with E-state index in [9.17, 15) is 8.78 Å². The lowest BCUT2D eigenvalue weighted by molar-refractivity contribution is 0.343. The van der Waals surface area contributed by atoms with Crippen LogP contribution in [0.25, 0.3) is 11.3 Å². The molecule has 0 saturated heterocycles. The number of nitrogens with zero attached hydrogens (tertiary/aromatic N) is 4. The van der Waals surface area contributed by atoms with E-state index in [-0.39, 0.29) is 0 Å². The van der Waals surface area contributed by atoms with E-state index < -0.39 is 11.6 Å². The Bertz CT molecular complexity index is 952. The number of benzene rings is 2. The van der Waals surface area contributed by atoms with E-state index in [0.717, 1.165) is 47.4 Å². The molecule has 1 aliphatic heterocycles. The van der Waals surface area contributed by atoms with Crippen LogP contribution in [0.4, 0.5) is 20.2 Å². The quantitative estimate of drug-likeness (QED) is 0.676. The molecule has 0 amide bonds. The highest BCUT2D eigenvalue weighted by Gasteiger charge is 2.21. The molecule has 0 unspecified atom stereocenters. The van der Waals surface area contributed by atoms with Gasteiger partial charge in [0.15, 0.2) is 0 Å². The summed E-state index contributed by atoms with van der Waals surface area (Å²) in [7, 11) is 2.04. The fraction of sp³-hybridized carbons (Fsp3) is 0.238. The van der Waals surface area contributed by atoms with E-state index >= 15 is 0 Å². The first-order chi connectivity index (χ1) is 13.0. The van der Waals surface area contributed by atoms with Crippen molar-refractivity contribution in [3.63, 3.8) is 0 Å². The highest BCUT2D eigenvalue weighted by Crippen LogP contribution is 2.34. The Morgan fingerprint density at radius 1 is 0.889 bits per heavy atom. The molecule has 138 valence electrons. The van der Waals surface area contributed by atoms with Gasteiger partial charge in [-0.3, -0.25) is 0 Å². The second-order valence-corrected chi connectivity index (χ2v) is 6.92. The first kappa shape index (κ1) is 17.5. The van der Waals surface area contributed by atoms with Crippen LogP contribution < -0.4 is 4.90 Å². The summed E-state index contributed by atoms with van der Waals surface area (Å²) >= 11 is 0. The van der Waals surface area contributed by atoms with Crippen LogP contribution in [0.5, 0.6) is 0 Å². The Hall–Kier alpha value is -2.86. The van der Waals surface area contributed by atoms with Crippen molar-refractivity contribution in [1.82, 2.24) is 15.1 Å². The Kier molecular flexibility index (Phi) is 4.58. The molecule has 0 saturated carbocycles. The molecule has 2 aromatic carbocycles. The van der Waals surface area contributed by atoms with Gasteiger partial charge in [0.1, 0.15) is 11.6 Å². The minimum Gasteiger partial charge on any atom is -0.340 e. The Labute approximate surface area is 157 Å². The molecule has 0 radical (unpaired) electrons. The maximum Gasteiger partial charge on any atom is 0.128 e. The molecule has 0 fully saturated rings. The molecule has 2 heterocycles. The van der Waals surface area contributed by atoms with Gasteiger partial charge in [-0.15, -0.1) is 0 Å². The van der Waals surface area contributed by atoms with Gasteiger partial charge in [-0.05, 0) is 55.9 Å². The molecule has 3 aromatic rings. The fourth-order valence-electron chi connectivity index (χ4n) is 3.41. The molecule has 4 nitrogen and oxygen atoms in total. The van der Waals surface area contributed by atoms with E-state index in [1.807, 2.05) is 43.1 Å². The zero-order valence-electron chi connectivity index (χ0n) is 15.3. The summed E-state index contributed by atoms with van der Waals surface area (Å²) in [6.07, 6.45) is 0. The van der Waals surface area contributed by atoms with Crippen LogP contribution in [0.15, 0.2) is 48.5 Å². The van der Waals surface area contributed by atoms with Gasteiger partial charge in [0, 0.05) is 42.6 Å². The summed E-state index contributed by atoms with van der Waals surface area (Å²) in [6.45, 7) is 4.08. The molecule has 1 aliphatic rings. The number of rotatable bonds is 2. The molecule has 4 rings (SSSR count). The van der Waals surface area contributed by atoms with Gasteiger partial charge in [0.25, 0.3) is 0 Å². The lowest BCUT2D eigenvalue weighted by Crippen LogP contribution is -2.26. The van der Waals surface area contributed by atoms with Gasteiger partial charge in [0.2, 0.25) is 0 Å². The predicted octanol–water partition coefficient (Wildman–Crippen LogP) is 4.31. The van der Waals surface area contributed by atoms with Crippen molar-refractivity contribution in [3.8, 4) is 11.3 Å². The normalized spacial score (nSPS) is 14.7. The number of likely N-dealkylation sites (N-methyl/N-ethyl adjacent to an activating group) is 1. The number of hydrogen-bond donors (Lipinski definition) is 0. The van der Waals surface area contributed by atoms with Gasteiger partial charge < -0.3 is 9.80 Å². The standard InChI is InChI=1S/C21H20F2N4/c1-14-3-5-20(25-24-14)15-4-6-21-16(9-15)13-26(2)7-8-27(21)19-11-17(22)10-18(23)12-19/h3-6,9-12H,7-8,13H2,1-2H3.